The van der Waals surface area contributed by atoms with Crippen LogP contribution in [0.2, 0.25) is 0 Å². The number of carboxylic acid groups (broad SMARTS) is 1. The Hall–Kier alpha value is -4.88. The van der Waals surface area contributed by atoms with Crippen LogP contribution in [0.3, 0.4) is 0 Å². The van der Waals surface area contributed by atoms with Crippen molar-refractivity contribution >= 4 is 47.5 Å². The largest absolute Gasteiger partial charge is 0.480 e. The quantitative estimate of drug-likeness (QED) is 0.0332. The number of carbonyl (C=O) groups excluding carboxylic acids is 4. The fourth-order valence-corrected chi connectivity index (χ4v) is 3.49. The van der Waals surface area contributed by atoms with Crippen LogP contribution in [0.25, 0.3) is 0 Å². The summed E-state index contributed by atoms with van der Waals surface area (Å²) in [6.07, 6.45) is 0.316. The van der Waals surface area contributed by atoms with Crippen molar-refractivity contribution in [2.75, 3.05) is 19.6 Å². The van der Waals surface area contributed by atoms with Crippen LogP contribution in [0.15, 0.2) is 0 Å². The standard InChI is InChI=1S/C22H44N14O6/c23-11(4-1-7-31-20(25)26)16(38)36-14(10-15(24)37)18(40)34-12(5-2-8-32-21(27)28)17(39)35-13(19(41)42)6-3-9-33-22(29)30/h11-14H,1-10,23H2,(H2,24,37)(H,34,40)(H,35,39)(H,36,38)(H,41,42)(H4,25,26,31)(H4,27,28,32)(H4,29,30,33)/t11-,12-,13-,14-/m0/s1. The van der Waals surface area contributed by atoms with E-state index in [0.717, 1.165) is 0 Å². The van der Waals surface area contributed by atoms with Gasteiger partial charge < -0.3 is 65.7 Å². The Kier molecular flexibility index (Phi) is 17.7. The predicted octanol–water partition coefficient (Wildman–Crippen LogP) is -5.48. The minimum atomic E-state index is -1.49. The maximum Gasteiger partial charge on any atom is 0.326 e. The molecule has 0 aromatic heterocycles. The number of carboxylic acids is 1. The molecular weight excluding hydrogens is 556 g/mol. The topological polar surface area (TPSA) is 379 Å². The Balaban J connectivity index is 5.54. The van der Waals surface area contributed by atoms with Crippen LogP contribution in [0.4, 0.5) is 0 Å². The number of guanidine groups is 3. The molecule has 238 valence electrons. The Labute approximate surface area is 242 Å². The van der Waals surface area contributed by atoms with E-state index in [1.165, 1.54) is 0 Å². The van der Waals surface area contributed by atoms with E-state index in [1.54, 1.807) is 0 Å². The second-order valence-corrected chi connectivity index (χ2v) is 9.25. The first kappa shape index (κ1) is 37.1. The van der Waals surface area contributed by atoms with Crippen LogP contribution in [0, 0.1) is 16.2 Å². The fraction of sp³-hybridized carbons (Fsp3) is 0.636. The molecule has 0 rings (SSSR count). The van der Waals surface area contributed by atoms with Gasteiger partial charge in [0.25, 0.3) is 0 Å². The summed E-state index contributed by atoms with van der Waals surface area (Å²) in [6, 6.07) is -5.21. The molecule has 0 saturated heterocycles. The molecule has 0 spiro atoms. The molecule has 0 aliphatic heterocycles. The van der Waals surface area contributed by atoms with E-state index in [9.17, 15) is 29.1 Å². The van der Waals surface area contributed by atoms with Gasteiger partial charge in [0.15, 0.2) is 17.9 Å². The van der Waals surface area contributed by atoms with Crippen LogP contribution in [0.1, 0.15) is 44.9 Å². The normalized spacial score (nSPS) is 13.3. The zero-order valence-electron chi connectivity index (χ0n) is 23.3. The van der Waals surface area contributed by atoms with Gasteiger partial charge in [0.05, 0.1) is 12.5 Å². The third kappa shape index (κ3) is 17.7. The summed E-state index contributed by atoms with van der Waals surface area (Å²) in [7, 11) is 0. The van der Waals surface area contributed by atoms with Crippen LogP contribution in [-0.2, 0) is 24.0 Å². The highest BCUT2D eigenvalue weighted by molar-refractivity contribution is 5.96. The van der Waals surface area contributed by atoms with Gasteiger partial charge in [-0.05, 0) is 38.5 Å². The van der Waals surface area contributed by atoms with Gasteiger partial charge >= 0.3 is 5.97 Å². The van der Waals surface area contributed by atoms with E-state index in [-0.39, 0.29) is 69.6 Å². The highest BCUT2D eigenvalue weighted by Gasteiger charge is 2.31. The number of hydrogen-bond donors (Lipinski definition) is 15. The van der Waals surface area contributed by atoms with Crippen LogP contribution in [-0.4, -0.2) is 96.4 Å². The molecule has 4 amide bonds. The molecule has 0 aliphatic carbocycles. The Bertz CT molecular complexity index is 977. The highest BCUT2D eigenvalue weighted by Crippen LogP contribution is 2.05. The molecule has 0 aliphatic rings. The van der Waals surface area contributed by atoms with Gasteiger partial charge in [0.1, 0.15) is 18.1 Å². The van der Waals surface area contributed by atoms with Gasteiger partial charge in [-0.2, -0.15) is 0 Å². The van der Waals surface area contributed by atoms with Gasteiger partial charge in [-0.25, -0.2) is 4.79 Å². The zero-order valence-corrected chi connectivity index (χ0v) is 23.3. The molecule has 20 N–H and O–H groups in total. The predicted molar refractivity (Wildman–Crippen MR) is 153 cm³/mol. The molecule has 0 heterocycles. The number of aliphatic carboxylic acids is 1. The molecule has 20 heteroatoms. The van der Waals surface area contributed by atoms with Gasteiger partial charge in [-0.3, -0.25) is 35.4 Å². The Morgan fingerprint density at radius 2 is 0.976 bits per heavy atom. The minimum Gasteiger partial charge on any atom is -0.480 e. The van der Waals surface area contributed by atoms with E-state index in [4.69, 9.17) is 44.9 Å². The molecule has 42 heavy (non-hydrogen) atoms. The summed E-state index contributed by atoms with van der Waals surface area (Å²) in [5, 5.41) is 45.8. The molecule has 0 fully saturated rings. The first-order chi connectivity index (χ1) is 19.6. The van der Waals surface area contributed by atoms with Crippen molar-refractivity contribution in [2.24, 2.45) is 28.7 Å². The van der Waals surface area contributed by atoms with Crippen molar-refractivity contribution in [3.05, 3.63) is 0 Å². The molecule has 4 atom stereocenters. The lowest BCUT2D eigenvalue weighted by Gasteiger charge is -2.25. The van der Waals surface area contributed by atoms with Crippen LogP contribution in [0.5, 0.6) is 0 Å². The molecule has 0 bridgehead atoms. The van der Waals surface area contributed by atoms with Gasteiger partial charge in [0, 0.05) is 19.6 Å². The third-order valence-corrected chi connectivity index (χ3v) is 5.60. The molecular formula is C22H44N14O6. The molecule has 0 radical (unpaired) electrons. The number of nitrogens with one attached hydrogen (secondary N) is 9. The van der Waals surface area contributed by atoms with Crippen molar-refractivity contribution in [2.45, 2.75) is 69.1 Å². The smallest absolute Gasteiger partial charge is 0.326 e. The van der Waals surface area contributed by atoms with Crippen molar-refractivity contribution in [1.82, 2.24) is 31.9 Å². The number of primary amides is 1. The lowest BCUT2D eigenvalue weighted by Crippen LogP contribution is -2.57. The van der Waals surface area contributed by atoms with Crippen molar-refractivity contribution < 1.29 is 29.1 Å². The second-order valence-electron chi connectivity index (χ2n) is 9.25. The molecule has 20 nitrogen and oxygen atoms in total. The third-order valence-electron chi connectivity index (χ3n) is 5.60. The molecule has 0 saturated carbocycles. The number of nitrogens with two attached hydrogens (primary N) is 5. The Morgan fingerprint density at radius 3 is 1.40 bits per heavy atom. The highest BCUT2D eigenvalue weighted by atomic mass is 16.4. The summed E-state index contributed by atoms with van der Waals surface area (Å²) in [6.45, 7) is 0.625. The van der Waals surface area contributed by atoms with E-state index in [2.05, 4.69) is 31.9 Å². The lowest BCUT2D eigenvalue weighted by molar-refractivity contribution is -0.142. The summed E-state index contributed by atoms with van der Waals surface area (Å²) >= 11 is 0. The monoisotopic (exact) mass is 600 g/mol. The molecule has 0 unspecified atom stereocenters. The van der Waals surface area contributed by atoms with E-state index in [0.29, 0.717) is 6.42 Å². The maximum absolute atomic E-state index is 13.1. The van der Waals surface area contributed by atoms with Crippen LogP contribution < -0.4 is 60.6 Å². The Morgan fingerprint density at radius 1 is 0.595 bits per heavy atom. The van der Waals surface area contributed by atoms with Gasteiger partial charge in [-0.15, -0.1) is 0 Å². The summed E-state index contributed by atoms with van der Waals surface area (Å²) in [5.74, 6) is -5.68. The van der Waals surface area contributed by atoms with Crippen LogP contribution >= 0.6 is 0 Å². The summed E-state index contributed by atoms with van der Waals surface area (Å²) in [4.78, 5) is 62.1. The van der Waals surface area contributed by atoms with E-state index >= 15 is 0 Å². The van der Waals surface area contributed by atoms with Crippen molar-refractivity contribution in [3.63, 3.8) is 0 Å². The first-order valence-electron chi connectivity index (χ1n) is 13.1. The fourth-order valence-electron chi connectivity index (χ4n) is 3.49. The number of hydrogen-bond acceptors (Lipinski definition) is 9. The maximum atomic E-state index is 13.1. The molecule has 0 aromatic rings. The summed E-state index contributed by atoms with van der Waals surface area (Å²) in [5.41, 5.74) is 26.8. The first-order valence-corrected chi connectivity index (χ1v) is 13.1. The lowest BCUT2D eigenvalue weighted by atomic mass is 10.1. The number of carbonyl (C=O) groups is 5. The minimum absolute atomic E-state index is 0.0197. The van der Waals surface area contributed by atoms with Gasteiger partial charge in [0.2, 0.25) is 23.6 Å². The average molecular weight is 601 g/mol. The van der Waals surface area contributed by atoms with E-state index in [1.807, 2.05) is 0 Å². The molecule has 0 aromatic carbocycles. The SMILES string of the molecule is N=C(N)NCCC[C@H](NC(=O)[C@H](CCCNC(=N)N)NC(=O)[C@H](CC(N)=O)NC(=O)[C@@H](N)CCCNC(=N)N)C(=O)O. The second kappa shape index (κ2) is 20.1. The van der Waals surface area contributed by atoms with Crippen molar-refractivity contribution in [3.8, 4) is 0 Å². The number of rotatable bonds is 21. The van der Waals surface area contributed by atoms with Gasteiger partial charge in [-0.1, -0.05) is 0 Å². The van der Waals surface area contributed by atoms with Crippen molar-refractivity contribution in [1.29, 1.82) is 16.2 Å². The summed E-state index contributed by atoms with van der Waals surface area (Å²) < 4.78 is 0. The van der Waals surface area contributed by atoms with E-state index < -0.39 is 60.2 Å². The average Bonchev–Trinajstić information content (AvgIpc) is 2.88. The zero-order chi connectivity index (χ0) is 32.2. The number of amides is 4.